The number of halogens is 2. The highest BCUT2D eigenvalue weighted by Gasteiger charge is 2.16. The van der Waals surface area contributed by atoms with Crippen LogP contribution in [0.2, 0.25) is 0 Å². The molecule has 0 saturated carbocycles. The Balaban J connectivity index is 2.11. The largest absolute Gasteiger partial charge is 0.384 e. The molecule has 0 radical (unpaired) electrons. The highest BCUT2D eigenvalue weighted by Crippen LogP contribution is 2.33. The number of nitrogens with one attached hydrogen (secondary N) is 1. The zero-order chi connectivity index (χ0) is 18.3. The van der Waals surface area contributed by atoms with E-state index < -0.39 is 17.1 Å². The van der Waals surface area contributed by atoms with Gasteiger partial charge < -0.3 is 11.1 Å². The van der Waals surface area contributed by atoms with E-state index in [2.05, 4.69) is 10.3 Å². The van der Waals surface area contributed by atoms with Crippen LogP contribution in [-0.2, 0) is 0 Å². The number of aromatic nitrogens is 1. The van der Waals surface area contributed by atoms with E-state index in [4.69, 9.17) is 5.73 Å². The molecule has 132 valence electrons. The number of pyridine rings is 1. The molecule has 2 aromatic carbocycles. The first-order valence-corrected chi connectivity index (χ1v) is 8.99. The summed E-state index contributed by atoms with van der Waals surface area (Å²) in [7, 11) is 0. The summed E-state index contributed by atoms with van der Waals surface area (Å²) in [5, 5.41) is 4.41. The van der Waals surface area contributed by atoms with Crippen LogP contribution in [0.5, 0.6) is 0 Å². The Morgan fingerprint density at radius 3 is 2.85 bits per heavy atom. The van der Waals surface area contributed by atoms with E-state index in [0.29, 0.717) is 34.1 Å². The summed E-state index contributed by atoms with van der Waals surface area (Å²) in [6, 6.07) is 7.40. The molecule has 0 aliphatic carbocycles. The van der Waals surface area contributed by atoms with Crippen molar-refractivity contribution in [1.82, 2.24) is 4.98 Å². The minimum Gasteiger partial charge on any atom is -0.384 e. The third-order valence-corrected chi connectivity index (χ3v) is 5.40. The lowest BCUT2D eigenvalue weighted by atomic mass is 10.1. The Morgan fingerprint density at radius 2 is 2.04 bits per heavy atom. The predicted molar refractivity (Wildman–Crippen MR) is 103 cm³/mol. The normalized spacial score (nSPS) is 11.5. The van der Waals surface area contributed by atoms with Gasteiger partial charge in [-0.1, -0.05) is 6.07 Å². The molecule has 7 heteroatoms. The van der Waals surface area contributed by atoms with Gasteiger partial charge in [0.25, 0.3) is 0 Å². The second-order valence-corrected chi connectivity index (χ2v) is 7.01. The van der Waals surface area contributed by atoms with Crippen molar-refractivity contribution in [2.45, 2.75) is 6.42 Å². The maximum absolute atomic E-state index is 14.1. The molecule has 4 nitrogen and oxygen atoms in total. The summed E-state index contributed by atoms with van der Waals surface area (Å²) >= 11 is 1.10. The number of nitrogens with zero attached hydrogens (tertiary/aromatic N) is 1. The molecule has 3 N–H and O–H groups in total. The average molecular weight is 371 g/mol. The van der Waals surface area contributed by atoms with Crippen molar-refractivity contribution in [3.05, 3.63) is 58.4 Å². The van der Waals surface area contributed by atoms with Crippen LogP contribution in [0, 0.1) is 11.6 Å². The molecule has 0 fully saturated rings. The van der Waals surface area contributed by atoms with Gasteiger partial charge in [-0.3, -0.25) is 9.78 Å². The van der Waals surface area contributed by atoms with Gasteiger partial charge in [0.1, 0.15) is 11.6 Å². The number of fused-ring (bicyclic) bond motifs is 4. The van der Waals surface area contributed by atoms with Gasteiger partial charge in [-0.2, -0.15) is 0 Å². The van der Waals surface area contributed by atoms with Gasteiger partial charge in [0.15, 0.2) is 5.43 Å². The highest BCUT2D eigenvalue weighted by molar-refractivity contribution is 7.24. The summed E-state index contributed by atoms with van der Waals surface area (Å²) in [5.74, 6) is -1.50. The molecule has 2 heterocycles. The van der Waals surface area contributed by atoms with Crippen LogP contribution >= 0.6 is 11.3 Å². The van der Waals surface area contributed by atoms with Crippen LogP contribution in [0.4, 0.5) is 14.5 Å². The molecule has 0 saturated heterocycles. The summed E-state index contributed by atoms with van der Waals surface area (Å²) in [5.41, 5.74) is 6.55. The number of anilines is 1. The van der Waals surface area contributed by atoms with Crippen LogP contribution in [0.15, 0.2) is 41.3 Å². The van der Waals surface area contributed by atoms with Gasteiger partial charge in [-0.15, -0.1) is 11.3 Å². The average Bonchev–Trinajstić information content (AvgIpc) is 2.63. The Bertz CT molecular complexity index is 1210. The van der Waals surface area contributed by atoms with E-state index >= 15 is 0 Å². The first-order valence-electron chi connectivity index (χ1n) is 8.17. The molecule has 0 spiro atoms. The summed E-state index contributed by atoms with van der Waals surface area (Å²) in [6.07, 6.45) is 2.34. The van der Waals surface area contributed by atoms with Crippen LogP contribution in [0.1, 0.15) is 6.42 Å². The topological polar surface area (TPSA) is 68.0 Å². The summed E-state index contributed by atoms with van der Waals surface area (Å²) in [6.45, 7) is 1.20. The first kappa shape index (κ1) is 16.8. The van der Waals surface area contributed by atoms with E-state index in [0.717, 1.165) is 35.6 Å². The van der Waals surface area contributed by atoms with E-state index in [-0.39, 0.29) is 10.1 Å². The van der Waals surface area contributed by atoms with Gasteiger partial charge in [0.2, 0.25) is 0 Å². The number of rotatable bonds is 4. The van der Waals surface area contributed by atoms with Crippen molar-refractivity contribution in [2.24, 2.45) is 5.73 Å². The molecular formula is C19H15F2N3OS. The summed E-state index contributed by atoms with van der Waals surface area (Å²) < 4.78 is 28.5. The van der Waals surface area contributed by atoms with Crippen LogP contribution in [0.25, 0.3) is 31.1 Å². The quantitative estimate of drug-likeness (QED) is 0.323. The molecule has 0 bridgehead atoms. The standard InChI is InChI=1S/C19H15F2N3OS/c20-10-7-11-18(25)17-15(26-19(11)12(21)8-10)9-24-14-4-1-3-13(16(14)17)23-6-2-5-22/h1,3-4,7-9,23H,2,5-6,22H2. The van der Waals surface area contributed by atoms with E-state index in [1.54, 1.807) is 6.20 Å². The monoisotopic (exact) mass is 371 g/mol. The molecule has 26 heavy (non-hydrogen) atoms. The molecule has 0 aliphatic rings. The van der Waals surface area contributed by atoms with Crippen LogP contribution in [0.3, 0.4) is 0 Å². The number of hydrogen-bond donors (Lipinski definition) is 2. The van der Waals surface area contributed by atoms with Crippen molar-refractivity contribution in [1.29, 1.82) is 0 Å². The smallest absolute Gasteiger partial charge is 0.196 e. The molecule has 4 aromatic rings. The Kier molecular flexibility index (Phi) is 4.26. The van der Waals surface area contributed by atoms with E-state index in [1.165, 1.54) is 0 Å². The van der Waals surface area contributed by atoms with Crippen LogP contribution < -0.4 is 16.5 Å². The van der Waals surface area contributed by atoms with Gasteiger partial charge in [0.05, 0.1) is 20.3 Å². The van der Waals surface area contributed by atoms with Crippen molar-refractivity contribution >= 4 is 48.1 Å². The van der Waals surface area contributed by atoms with Crippen LogP contribution in [-0.4, -0.2) is 18.1 Å². The molecule has 0 atom stereocenters. The SMILES string of the molecule is NCCCNc1cccc2ncc3sc4c(F)cc(F)cc4c(=O)c3c12. The van der Waals surface area contributed by atoms with E-state index in [1.807, 2.05) is 18.2 Å². The van der Waals surface area contributed by atoms with Crippen molar-refractivity contribution < 1.29 is 8.78 Å². The Morgan fingerprint density at radius 1 is 1.19 bits per heavy atom. The molecule has 0 amide bonds. The third-order valence-electron chi connectivity index (χ3n) is 4.25. The molecule has 4 rings (SSSR count). The zero-order valence-corrected chi connectivity index (χ0v) is 14.5. The number of nitrogens with two attached hydrogens (primary N) is 1. The van der Waals surface area contributed by atoms with E-state index in [9.17, 15) is 13.6 Å². The number of hydrogen-bond acceptors (Lipinski definition) is 5. The van der Waals surface area contributed by atoms with Gasteiger partial charge in [0, 0.05) is 35.3 Å². The predicted octanol–water partition coefficient (Wildman–Crippen LogP) is 4.00. The molecule has 2 aromatic heterocycles. The minimum absolute atomic E-state index is 0.0456. The maximum atomic E-state index is 14.1. The van der Waals surface area contributed by atoms with Crippen molar-refractivity contribution in [3.63, 3.8) is 0 Å². The summed E-state index contributed by atoms with van der Waals surface area (Å²) in [4.78, 5) is 17.5. The molecular weight excluding hydrogens is 356 g/mol. The van der Waals surface area contributed by atoms with Crippen molar-refractivity contribution in [2.75, 3.05) is 18.4 Å². The minimum atomic E-state index is -0.765. The Labute approximate surface area is 151 Å². The van der Waals surface area contributed by atoms with Gasteiger partial charge in [-0.05, 0) is 31.2 Å². The fourth-order valence-corrected chi connectivity index (χ4v) is 4.12. The van der Waals surface area contributed by atoms with Gasteiger partial charge >= 0.3 is 0 Å². The second kappa shape index (κ2) is 6.59. The maximum Gasteiger partial charge on any atom is 0.196 e. The lowest BCUT2D eigenvalue weighted by molar-refractivity contribution is 0.593. The first-order chi connectivity index (χ1) is 12.6. The fraction of sp³-hybridized carbons (Fsp3) is 0.158. The zero-order valence-electron chi connectivity index (χ0n) is 13.7. The van der Waals surface area contributed by atoms with Crippen molar-refractivity contribution in [3.8, 4) is 0 Å². The third kappa shape index (κ3) is 2.69. The Hall–Kier alpha value is -2.64. The highest BCUT2D eigenvalue weighted by atomic mass is 32.1. The lowest BCUT2D eigenvalue weighted by Gasteiger charge is -2.11. The fourth-order valence-electron chi connectivity index (χ4n) is 3.08. The second-order valence-electron chi connectivity index (χ2n) is 5.96. The number of benzene rings is 2. The lowest BCUT2D eigenvalue weighted by Crippen LogP contribution is -2.10. The van der Waals surface area contributed by atoms with Gasteiger partial charge in [-0.25, -0.2) is 8.78 Å². The molecule has 0 unspecified atom stereocenters. The molecule has 0 aliphatic heterocycles.